The number of hydrogen-bond donors (Lipinski definition) is 1. The van der Waals surface area contributed by atoms with E-state index in [9.17, 15) is 0 Å². The average Bonchev–Trinajstić information content (AvgIpc) is 2.38. The lowest BCUT2D eigenvalue weighted by Crippen LogP contribution is -2.06. The summed E-state index contributed by atoms with van der Waals surface area (Å²) in [4.78, 5) is 1.24. The van der Waals surface area contributed by atoms with Crippen LogP contribution in [0.4, 0.5) is 0 Å². The predicted octanol–water partition coefficient (Wildman–Crippen LogP) is 2.32. The molecule has 0 saturated heterocycles. The molecule has 0 saturated carbocycles. The van der Waals surface area contributed by atoms with Crippen LogP contribution < -0.4 is 5.73 Å². The Morgan fingerprint density at radius 2 is 2.60 bits per heavy atom. The van der Waals surface area contributed by atoms with Gasteiger partial charge in [0.1, 0.15) is 0 Å². The highest BCUT2D eigenvalue weighted by molar-refractivity contribution is 7.10. The van der Waals surface area contributed by atoms with Crippen molar-refractivity contribution in [3.8, 4) is 0 Å². The van der Waals surface area contributed by atoms with E-state index in [-0.39, 0.29) is 6.04 Å². The first-order valence-electron chi connectivity index (χ1n) is 3.24. The van der Waals surface area contributed by atoms with Gasteiger partial charge in [-0.15, -0.1) is 17.9 Å². The lowest BCUT2D eigenvalue weighted by Gasteiger charge is -2.03. The fourth-order valence-corrected chi connectivity index (χ4v) is 1.54. The molecule has 1 heterocycles. The zero-order chi connectivity index (χ0) is 7.40. The Morgan fingerprint density at radius 3 is 3.10 bits per heavy atom. The molecule has 1 atom stereocenters. The Balaban J connectivity index is 2.58. The molecule has 0 amide bonds. The molecule has 0 aliphatic carbocycles. The summed E-state index contributed by atoms with van der Waals surface area (Å²) in [7, 11) is 0. The standard InChI is InChI=1S/C8H11NS/c1-2-4-7(9)8-5-3-6-10-8/h2-3,5-7H,1,4,9H2/t7-/m0/s1. The van der Waals surface area contributed by atoms with Crippen molar-refractivity contribution in [2.75, 3.05) is 0 Å². The Morgan fingerprint density at radius 1 is 1.80 bits per heavy atom. The van der Waals surface area contributed by atoms with Gasteiger partial charge in [-0.25, -0.2) is 0 Å². The molecular weight excluding hydrogens is 142 g/mol. The van der Waals surface area contributed by atoms with Crippen molar-refractivity contribution in [2.45, 2.75) is 12.5 Å². The molecule has 0 aliphatic heterocycles. The molecule has 2 N–H and O–H groups in total. The van der Waals surface area contributed by atoms with Gasteiger partial charge >= 0.3 is 0 Å². The van der Waals surface area contributed by atoms with Crippen LogP contribution in [-0.2, 0) is 0 Å². The summed E-state index contributed by atoms with van der Waals surface area (Å²) in [6.07, 6.45) is 2.71. The molecule has 0 spiro atoms. The lowest BCUT2D eigenvalue weighted by molar-refractivity contribution is 0.758. The van der Waals surface area contributed by atoms with Gasteiger partial charge in [0.05, 0.1) is 0 Å². The quantitative estimate of drug-likeness (QED) is 0.663. The summed E-state index contributed by atoms with van der Waals surface area (Å²) in [5.74, 6) is 0. The van der Waals surface area contributed by atoms with Gasteiger partial charge in [-0.05, 0) is 17.9 Å². The molecule has 0 aromatic carbocycles. The minimum Gasteiger partial charge on any atom is -0.323 e. The van der Waals surface area contributed by atoms with Crippen molar-refractivity contribution in [3.05, 3.63) is 35.0 Å². The summed E-state index contributed by atoms with van der Waals surface area (Å²) in [5, 5.41) is 2.04. The van der Waals surface area contributed by atoms with Crippen molar-refractivity contribution in [1.82, 2.24) is 0 Å². The molecule has 1 aromatic heterocycles. The highest BCUT2D eigenvalue weighted by Gasteiger charge is 2.02. The Hall–Kier alpha value is -0.600. The van der Waals surface area contributed by atoms with Gasteiger partial charge in [0.2, 0.25) is 0 Å². The van der Waals surface area contributed by atoms with E-state index >= 15 is 0 Å². The van der Waals surface area contributed by atoms with Crippen LogP contribution in [0, 0.1) is 0 Å². The fourth-order valence-electron chi connectivity index (χ4n) is 0.798. The summed E-state index contributed by atoms with van der Waals surface area (Å²) < 4.78 is 0. The first-order chi connectivity index (χ1) is 4.84. The van der Waals surface area contributed by atoms with E-state index in [2.05, 4.69) is 12.6 Å². The average molecular weight is 153 g/mol. The second-order valence-electron chi connectivity index (χ2n) is 2.15. The first-order valence-corrected chi connectivity index (χ1v) is 4.12. The highest BCUT2D eigenvalue weighted by Crippen LogP contribution is 2.19. The molecular formula is C8H11NS. The minimum atomic E-state index is 0.150. The molecule has 10 heavy (non-hydrogen) atoms. The van der Waals surface area contributed by atoms with Crippen LogP contribution in [0.15, 0.2) is 30.2 Å². The lowest BCUT2D eigenvalue weighted by atomic mass is 10.2. The zero-order valence-corrected chi connectivity index (χ0v) is 6.60. The number of thiophene rings is 1. The van der Waals surface area contributed by atoms with E-state index in [1.54, 1.807) is 11.3 Å². The SMILES string of the molecule is C=CC[C@H](N)c1cccs1. The van der Waals surface area contributed by atoms with Gasteiger partial charge in [-0.2, -0.15) is 0 Å². The van der Waals surface area contributed by atoms with Crippen LogP contribution in [0.3, 0.4) is 0 Å². The third kappa shape index (κ3) is 1.69. The van der Waals surface area contributed by atoms with Crippen LogP contribution in [0.5, 0.6) is 0 Å². The van der Waals surface area contributed by atoms with Gasteiger partial charge in [0.25, 0.3) is 0 Å². The Kier molecular flexibility index (Phi) is 2.66. The van der Waals surface area contributed by atoms with E-state index in [1.807, 2.05) is 17.5 Å². The molecule has 0 bridgehead atoms. The van der Waals surface area contributed by atoms with Crippen LogP contribution in [0.2, 0.25) is 0 Å². The maximum Gasteiger partial charge on any atom is 0.0424 e. The molecule has 2 heteroatoms. The summed E-state index contributed by atoms with van der Waals surface area (Å²) >= 11 is 1.70. The summed E-state index contributed by atoms with van der Waals surface area (Å²) in [6.45, 7) is 3.64. The van der Waals surface area contributed by atoms with Crippen LogP contribution in [0.25, 0.3) is 0 Å². The van der Waals surface area contributed by atoms with E-state index in [0.29, 0.717) is 0 Å². The van der Waals surface area contributed by atoms with Crippen molar-refractivity contribution in [2.24, 2.45) is 5.73 Å². The smallest absolute Gasteiger partial charge is 0.0424 e. The Bertz CT molecular complexity index is 191. The van der Waals surface area contributed by atoms with Crippen molar-refractivity contribution >= 4 is 11.3 Å². The van der Waals surface area contributed by atoms with Crippen LogP contribution in [-0.4, -0.2) is 0 Å². The molecule has 0 fully saturated rings. The van der Waals surface area contributed by atoms with E-state index in [0.717, 1.165) is 6.42 Å². The van der Waals surface area contributed by atoms with Gasteiger partial charge in [-0.3, -0.25) is 0 Å². The third-order valence-electron chi connectivity index (χ3n) is 1.33. The molecule has 0 radical (unpaired) electrons. The van der Waals surface area contributed by atoms with Crippen LogP contribution >= 0.6 is 11.3 Å². The maximum absolute atomic E-state index is 5.79. The second-order valence-corrected chi connectivity index (χ2v) is 3.13. The van der Waals surface area contributed by atoms with E-state index < -0.39 is 0 Å². The molecule has 0 aliphatic rings. The topological polar surface area (TPSA) is 26.0 Å². The fraction of sp³-hybridized carbons (Fsp3) is 0.250. The summed E-state index contributed by atoms with van der Waals surface area (Å²) in [5.41, 5.74) is 5.79. The van der Waals surface area contributed by atoms with E-state index in [4.69, 9.17) is 5.73 Å². The largest absolute Gasteiger partial charge is 0.323 e. The zero-order valence-electron chi connectivity index (χ0n) is 5.79. The highest BCUT2D eigenvalue weighted by atomic mass is 32.1. The predicted molar refractivity (Wildman–Crippen MR) is 46.1 cm³/mol. The van der Waals surface area contributed by atoms with Gasteiger partial charge < -0.3 is 5.73 Å². The number of hydrogen-bond acceptors (Lipinski definition) is 2. The first kappa shape index (κ1) is 7.51. The third-order valence-corrected chi connectivity index (χ3v) is 2.33. The summed E-state index contributed by atoms with van der Waals surface area (Å²) in [6, 6.07) is 4.22. The van der Waals surface area contributed by atoms with E-state index in [1.165, 1.54) is 4.88 Å². The second kappa shape index (κ2) is 3.54. The van der Waals surface area contributed by atoms with Crippen molar-refractivity contribution in [3.63, 3.8) is 0 Å². The van der Waals surface area contributed by atoms with Crippen molar-refractivity contribution in [1.29, 1.82) is 0 Å². The Labute approximate surface area is 65.2 Å². The number of nitrogens with two attached hydrogens (primary N) is 1. The molecule has 0 unspecified atom stereocenters. The van der Waals surface area contributed by atoms with Gasteiger partial charge in [0.15, 0.2) is 0 Å². The minimum absolute atomic E-state index is 0.150. The molecule has 1 nitrogen and oxygen atoms in total. The van der Waals surface area contributed by atoms with Gasteiger partial charge in [-0.1, -0.05) is 12.1 Å². The normalized spacial score (nSPS) is 12.9. The molecule has 1 aromatic rings. The van der Waals surface area contributed by atoms with Crippen molar-refractivity contribution < 1.29 is 0 Å². The molecule has 1 rings (SSSR count). The maximum atomic E-state index is 5.79. The monoisotopic (exact) mass is 153 g/mol. The molecule has 54 valence electrons. The number of rotatable bonds is 3. The van der Waals surface area contributed by atoms with Gasteiger partial charge in [0, 0.05) is 10.9 Å². The van der Waals surface area contributed by atoms with Crippen LogP contribution in [0.1, 0.15) is 17.3 Å².